The van der Waals surface area contributed by atoms with Gasteiger partial charge in [-0.3, -0.25) is 0 Å². The molecule has 1 unspecified atom stereocenters. The van der Waals surface area contributed by atoms with E-state index in [1.807, 2.05) is 6.92 Å². The minimum atomic E-state index is -3.48. The summed E-state index contributed by atoms with van der Waals surface area (Å²) in [6, 6.07) is 3.51. The monoisotopic (exact) mass is 299 g/mol. The van der Waals surface area contributed by atoms with Crippen molar-refractivity contribution in [3.05, 3.63) is 23.3 Å². The number of methoxy groups -OCH3 is 1. The number of hydrogen-bond acceptors (Lipinski definition) is 4. The lowest BCUT2D eigenvalue weighted by Gasteiger charge is -2.31. The Balaban J connectivity index is 2.44. The van der Waals surface area contributed by atoms with E-state index in [1.165, 1.54) is 4.31 Å². The first-order valence-electron chi connectivity index (χ1n) is 6.63. The number of aryl methyl sites for hydroxylation is 2. The Bertz CT molecular complexity index is 574. The summed E-state index contributed by atoms with van der Waals surface area (Å²) in [6.07, 6.45) is -0.0719. The van der Waals surface area contributed by atoms with Gasteiger partial charge in [-0.25, -0.2) is 8.42 Å². The number of rotatable bonds is 3. The van der Waals surface area contributed by atoms with E-state index >= 15 is 0 Å². The second kappa shape index (κ2) is 5.71. The molecule has 0 amide bonds. The zero-order chi connectivity index (χ0) is 14.9. The molecule has 1 aliphatic heterocycles. The molecule has 20 heavy (non-hydrogen) atoms. The average Bonchev–Trinajstić information content (AvgIpc) is 2.37. The predicted octanol–water partition coefficient (Wildman–Crippen LogP) is 1.72. The van der Waals surface area contributed by atoms with E-state index in [0.29, 0.717) is 41.5 Å². The van der Waals surface area contributed by atoms with Gasteiger partial charge in [0.05, 0.1) is 24.7 Å². The quantitative estimate of drug-likeness (QED) is 0.853. The van der Waals surface area contributed by atoms with Gasteiger partial charge < -0.3 is 9.47 Å². The second-order valence-corrected chi connectivity index (χ2v) is 7.01. The van der Waals surface area contributed by atoms with Crippen LogP contribution in [0.2, 0.25) is 0 Å². The highest BCUT2D eigenvalue weighted by atomic mass is 32.2. The van der Waals surface area contributed by atoms with Crippen molar-refractivity contribution in [2.75, 3.05) is 26.8 Å². The summed E-state index contributed by atoms with van der Waals surface area (Å²) in [7, 11) is -1.91. The van der Waals surface area contributed by atoms with Crippen molar-refractivity contribution < 1.29 is 17.9 Å². The number of morpholine rings is 1. The normalized spacial score (nSPS) is 20.9. The van der Waals surface area contributed by atoms with Crippen molar-refractivity contribution in [2.24, 2.45) is 0 Å². The number of sulfonamides is 1. The van der Waals surface area contributed by atoms with Gasteiger partial charge in [0.25, 0.3) is 0 Å². The smallest absolute Gasteiger partial charge is 0.243 e. The molecule has 0 saturated carbocycles. The van der Waals surface area contributed by atoms with E-state index in [1.54, 1.807) is 33.1 Å². The molecule has 0 bridgehead atoms. The van der Waals surface area contributed by atoms with Gasteiger partial charge in [-0.15, -0.1) is 0 Å². The van der Waals surface area contributed by atoms with Crippen molar-refractivity contribution in [1.29, 1.82) is 0 Å². The Morgan fingerprint density at radius 3 is 2.40 bits per heavy atom. The standard InChI is InChI=1S/C14H21NO4S/c1-10-7-13(18-4)8-11(2)14(10)20(16,17)15-5-6-19-12(3)9-15/h7-8,12H,5-6,9H2,1-4H3. The van der Waals surface area contributed by atoms with Crippen LogP contribution in [0.25, 0.3) is 0 Å². The Labute approximate surface area is 120 Å². The van der Waals surface area contributed by atoms with Crippen LogP contribution in [0.1, 0.15) is 18.1 Å². The molecule has 1 aromatic rings. The SMILES string of the molecule is COc1cc(C)c(S(=O)(=O)N2CCOC(C)C2)c(C)c1. The molecule has 0 radical (unpaired) electrons. The minimum absolute atomic E-state index is 0.0719. The zero-order valence-corrected chi connectivity index (χ0v) is 13.2. The molecule has 0 aromatic heterocycles. The minimum Gasteiger partial charge on any atom is -0.497 e. The third kappa shape index (κ3) is 2.82. The summed E-state index contributed by atoms with van der Waals surface area (Å²) >= 11 is 0. The van der Waals surface area contributed by atoms with Gasteiger partial charge in [0.2, 0.25) is 10.0 Å². The molecule has 0 N–H and O–H groups in total. The molecule has 5 nitrogen and oxygen atoms in total. The van der Waals surface area contributed by atoms with Gasteiger partial charge in [0.15, 0.2) is 0 Å². The van der Waals surface area contributed by atoms with Crippen molar-refractivity contribution in [3.8, 4) is 5.75 Å². The molecule has 1 fully saturated rings. The van der Waals surface area contributed by atoms with Gasteiger partial charge in [-0.1, -0.05) is 0 Å². The van der Waals surface area contributed by atoms with Crippen molar-refractivity contribution in [3.63, 3.8) is 0 Å². The molecule has 1 aliphatic rings. The van der Waals surface area contributed by atoms with E-state index < -0.39 is 10.0 Å². The Morgan fingerprint density at radius 1 is 1.30 bits per heavy atom. The highest BCUT2D eigenvalue weighted by Crippen LogP contribution is 2.29. The van der Waals surface area contributed by atoms with Crippen LogP contribution in [-0.2, 0) is 14.8 Å². The van der Waals surface area contributed by atoms with Gasteiger partial charge in [0, 0.05) is 13.1 Å². The molecule has 0 spiro atoms. The first-order chi connectivity index (χ1) is 9.36. The summed E-state index contributed by atoms with van der Waals surface area (Å²) in [5.74, 6) is 0.675. The van der Waals surface area contributed by atoms with Gasteiger partial charge in [0.1, 0.15) is 5.75 Å². The molecule has 2 rings (SSSR count). The fraction of sp³-hybridized carbons (Fsp3) is 0.571. The van der Waals surface area contributed by atoms with E-state index in [2.05, 4.69) is 0 Å². The van der Waals surface area contributed by atoms with Gasteiger partial charge in [-0.2, -0.15) is 4.31 Å². The first-order valence-corrected chi connectivity index (χ1v) is 8.07. The molecular weight excluding hydrogens is 278 g/mol. The highest BCUT2D eigenvalue weighted by Gasteiger charge is 2.31. The molecule has 1 atom stereocenters. The molecule has 1 aromatic carbocycles. The topological polar surface area (TPSA) is 55.8 Å². The molecule has 1 saturated heterocycles. The van der Waals surface area contributed by atoms with Crippen molar-refractivity contribution in [1.82, 2.24) is 4.31 Å². The summed E-state index contributed by atoms with van der Waals surface area (Å²) in [6.45, 7) is 6.72. The van der Waals surface area contributed by atoms with E-state index in [-0.39, 0.29) is 6.10 Å². The van der Waals surface area contributed by atoms with Crippen LogP contribution in [0.5, 0.6) is 5.75 Å². The second-order valence-electron chi connectivity index (χ2n) is 5.13. The largest absolute Gasteiger partial charge is 0.497 e. The van der Waals surface area contributed by atoms with E-state index in [9.17, 15) is 8.42 Å². The van der Waals surface area contributed by atoms with Crippen LogP contribution < -0.4 is 4.74 Å². The summed E-state index contributed by atoms with van der Waals surface area (Å²) in [5, 5.41) is 0. The van der Waals surface area contributed by atoms with Gasteiger partial charge >= 0.3 is 0 Å². The number of ether oxygens (including phenoxy) is 2. The lowest BCUT2D eigenvalue weighted by Crippen LogP contribution is -2.44. The Morgan fingerprint density at radius 2 is 1.90 bits per heavy atom. The lowest BCUT2D eigenvalue weighted by molar-refractivity contribution is 0.0101. The molecule has 112 valence electrons. The highest BCUT2D eigenvalue weighted by molar-refractivity contribution is 7.89. The molecule has 0 aliphatic carbocycles. The zero-order valence-electron chi connectivity index (χ0n) is 12.3. The van der Waals surface area contributed by atoms with Crippen LogP contribution in [0, 0.1) is 13.8 Å². The Hall–Kier alpha value is -1.11. The number of nitrogens with zero attached hydrogens (tertiary/aromatic N) is 1. The van der Waals surface area contributed by atoms with Crippen molar-refractivity contribution >= 4 is 10.0 Å². The number of benzene rings is 1. The van der Waals surface area contributed by atoms with E-state index in [0.717, 1.165) is 0 Å². The predicted molar refractivity (Wildman–Crippen MR) is 76.6 cm³/mol. The fourth-order valence-electron chi connectivity index (χ4n) is 2.57. The summed E-state index contributed by atoms with van der Waals surface area (Å²) in [5.41, 5.74) is 1.42. The third-order valence-electron chi connectivity index (χ3n) is 3.47. The van der Waals surface area contributed by atoms with Crippen LogP contribution in [0.15, 0.2) is 17.0 Å². The number of hydrogen-bond donors (Lipinski definition) is 0. The van der Waals surface area contributed by atoms with Crippen LogP contribution >= 0.6 is 0 Å². The van der Waals surface area contributed by atoms with E-state index in [4.69, 9.17) is 9.47 Å². The van der Waals surface area contributed by atoms with Crippen LogP contribution in [-0.4, -0.2) is 45.6 Å². The summed E-state index contributed by atoms with van der Waals surface area (Å²) in [4.78, 5) is 0.382. The van der Waals surface area contributed by atoms with Crippen molar-refractivity contribution in [2.45, 2.75) is 31.8 Å². The van der Waals surface area contributed by atoms with Crippen LogP contribution in [0.4, 0.5) is 0 Å². The maximum absolute atomic E-state index is 12.8. The average molecular weight is 299 g/mol. The Kier molecular flexibility index (Phi) is 4.36. The summed E-state index contributed by atoms with van der Waals surface area (Å²) < 4.78 is 37.7. The molecular formula is C14H21NO4S. The molecule has 6 heteroatoms. The fourth-order valence-corrected chi connectivity index (χ4v) is 4.48. The lowest BCUT2D eigenvalue weighted by atomic mass is 10.1. The van der Waals surface area contributed by atoms with Gasteiger partial charge in [-0.05, 0) is 44.0 Å². The maximum Gasteiger partial charge on any atom is 0.243 e. The van der Waals surface area contributed by atoms with Crippen LogP contribution in [0.3, 0.4) is 0 Å². The first kappa shape index (κ1) is 15.3. The molecule has 1 heterocycles. The maximum atomic E-state index is 12.8. The third-order valence-corrected chi connectivity index (χ3v) is 5.64.